The summed E-state index contributed by atoms with van der Waals surface area (Å²) in [5.74, 6) is 0. The first-order valence-corrected chi connectivity index (χ1v) is 3.90. The number of carbonyl (C=O) groups is 1. The van der Waals surface area contributed by atoms with Crippen LogP contribution in [0.4, 0.5) is 4.79 Å². The first-order valence-electron chi connectivity index (χ1n) is 3.90. The number of hydrogen-bond donors (Lipinski definition) is 2. The molecule has 0 aliphatic carbocycles. The molecule has 0 bridgehead atoms. The van der Waals surface area contributed by atoms with E-state index in [-0.39, 0.29) is 0 Å². The highest BCUT2D eigenvalue weighted by Crippen LogP contribution is 1.96. The number of carbonyl (C=O) groups excluding carboxylic acids is 1. The van der Waals surface area contributed by atoms with Crippen LogP contribution < -0.4 is 5.32 Å². The molecule has 11 heavy (non-hydrogen) atoms. The second-order valence-corrected chi connectivity index (χ2v) is 2.37. The van der Waals surface area contributed by atoms with Crippen LogP contribution in [0.2, 0.25) is 0 Å². The first-order chi connectivity index (χ1) is 5.31. The topological polar surface area (TPSA) is 58.6 Å². The van der Waals surface area contributed by atoms with E-state index in [2.05, 4.69) is 17.1 Å². The molecule has 0 spiro atoms. The Morgan fingerprint density at radius 3 is 2.73 bits per heavy atom. The summed E-state index contributed by atoms with van der Waals surface area (Å²) in [6.45, 7) is 2.69. The summed E-state index contributed by atoms with van der Waals surface area (Å²) in [5.41, 5.74) is 0. The third-order valence-electron chi connectivity index (χ3n) is 1.38. The minimum Gasteiger partial charge on any atom is -0.319 e. The lowest BCUT2D eigenvalue weighted by atomic mass is 10.2. The van der Waals surface area contributed by atoms with E-state index >= 15 is 0 Å². The van der Waals surface area contributed by atoms with E-state index in [0.717, 1.165) is 12.8 Å². The molecule has 0 heterocycles. The number of nitrogens with one attached hydrogen (secondary N) is 1. The van der Waals surface area contributed by atoms with E-state index in [1.165, 1.54) is 12.8 Å². The lowest BCUT2D eigenvalue weighted by molar-refractivity contribution is -0.177. The standard InChI is InChI=1S/C7H15NO3/c1-2-3-4-5-6-8-7(9)11-10/h10H,2-6H2,1H3,(H,8,9). The third kappa shape index (κ3) is 7.12. The van der Waals surface area contributed by atoms with E-state index in [0.29, 0.717) is 6.54 Å². The fraction of sp³-hybridized carbons (Fsp3) is 0.857. The molecule has 4 nitrogen and oxygen atoms in total. The maximum atomic E-state index is 10.3. The minimum absolute atomic E-state index is 0.569. The van der Waals surface area contributed by atoms with Crippen LogP contribution in [0.3, 0.4) is 0 Å². The van der Waals surface area contributed by atoms with Crippen LogP contribution in [-0.4, -0.2) is 17.9 Å². The summed E-state index contributed by atoms with van der Waals surface area (Å²) in [5, 5.41) is 10.2. The van der Waals surface area contributed by atoms with Crippen molar-refractivity contribution in [1.29, 1.82) is 0 Å². The molecule has 0 unspecified atom stereocenters. The molecule has 0 atom stereocenters. The van der Waals surface area contributed by atoms with Crippen molar-refractivity contribution in [2.45, 2.75) is 32.6 Å². The smallest absolute Gasteiger partial charge is 0.319 e. The molecule has 66 valence electrons. The molecule has 0 saturated carbocycles. The van der Waals surface area contributed by atoms with Gasteiger partial charge in [-0.3, -0.25) is 4.89 Å². The lowest BCUT2D eigenvalue weighted by Crippen LogP contribution is -2.24. The zero-order valence-corrected chi connectivity index (χ0v) is 6.80. The van der Waals surface area contributed by atoms with Crippen molar-refractivity contribution in [3.63, 3.8) is 0 Å². The molecule has 0 aliphatic heterocycles. The number of hydrogen-bond acceptors (Lipinski definition) is 3. The summed E-state index contributed by atoms with van der Waals surface area (Å²) >= 11 is 0. The Balaban J connectivity index is 2.95. The van der Waals surface area contributed by atoms with Crippen molar-refractivity contribution in [2.75, 3.05) is 6.54 Å². The van der Waals surface area contributed by atoms with E-state index < -0.39 is 6.09 Å². The van der Waals surface area contributed by atoms with Gasteiger partial charge in [0.25, 0.3) is 0 Å². The van der Waals surface area contributed by atoms with Crippen molar-refractivity contribution in [3.05, 3.63) is 0 Å². The zero-order chi connectivity index (χ0) is 8.53. The zero-order valence-electron chi connectivity index (χ0n) is 6.80. The molecule has 0 aromatic heterocycles. The summed E-state index contributed by atoms with van der Waals surface area (Å²) < 4.78 is 0. The fourth-order valence-electron chi connectivity index (χ4n) is 0.775. The predicted molar refractivity (Wildman–Crippen MR) is 41.3 cm³/mol. The van der Waals surface area contributed by atoms with Crippen LogP contribution in [0.1, 0.15) is 32.6 Å². The highest BCUT2D eigenvalue weighted by atomic mass is 17.1. The van der Waals surface area contributed by atoms with Gasteiger partial charge in [-0.25, -0.2) is 4.79 Å². The summed E-state index contributed by atoms with van der Waals surface area (Å²) in [6.07, 6.45) is 3.60. The molecule has 0 saturated heterocycles. The highest BCUT2D eigenvalue weighted by molar-refractivity contribution is 5.66. The van der Waals surface area contributed by atoms with Crippen LogP contribution >= 0.6 is 0 Å². The van der Waals surface area contributed by atoms with Gasteiger partial charge in [0.1, 0.15) is 0 Å². The molecule has 0 aromatic carbocycles. The van der Waals surface area contributed by atoms with E-state index in [1.807, 2.05) is 0 Å². The highest BCUT2D eigenvalue weighted by Gasteiger charge is 1.96. The van der Waals surface area contributed by atoms with Gasteiger partial charge < -0.3 is 5.32 Å². The first kappa shape index (κ1) is 10.2. The van der Waals surface area contributed by atoms with Crippen molar-refractivity contribution < 1.29 is 14.9 Å². The lowest BCUT2D eigenvalue weighted by Gasteiger charge is -2.00. The van der Waals surface area contributed by atoms with E-state index in [1.54, 1.807) is 0 Å². The molecule has 0 rings (SSSR count). The van der Waals surface area contributed by atoms with Crippen LogP contribution in [0.5, 0.6) is 0 Å². The van der Waals surface area contributed by atoms with Gasteiger partial charge in [-0.15, -0.1) is 0 Å². The van der Waals surface area contributed by atoms with Gasteiger partial charge in [-0.1, -0.05) is 26.2 Å². The van der Waals surface area contributed by atoms with Gasteiger partial charge in [0.05, 0.1) is 0 Å². The van der Waals surface area contributed by atoms with Gasteiger partial charge in [0, 0.05) is 6.54 Å². The molecule has 0 radical (unpaired) electrons. The maximum Gasteiger partial charge on any atom is 0.438 e. The summed E-state index contributed by atoms with van der Waals surface area (Å²) in [4.78, 5) is 13.7. The van der Waals surface area contributed by atoms with Gasteiger partial charge in [0.15, 0.2) is 0 Å². The Hall–Kier alpha value is -0.770. The predicted octanol–water partition coefficient (Wildman–Crippen LogP) is 1.77. The second kappa shape index (κ2) is 7.34. The number of rotatable bonds is 5. The Labute approximate surface area is 66.5 Å². The molecule has 4 heteroatoms. The van der Waals surface area contributed by atoms with Gasteiger partial charge >= 0.3 is 6.09 Å². The average Bonchev–Trinajstić information content (AvgIpc) is 2.04. The average molecular weight is 161 g/mol. The Bertz CT molecular complexity index is 106. The van der Waals surface area contributed by atoms with Crippen LogP contribution in [0.15, 0.2) is 0 Å². The molecule has 1 amide bonds. The third-order valence-corrected chi connectivity index (χ3v) is 1.38. The monoisotopic (exact) mass is 161 g/mol. The van der Waals surface area contributed by atoms with Crippen molar-refractivity contribution in [3.8, 4) is 0 Å². The normalized spacial score (nSPS) is 9.27. The quantitative estimate of drug-likeness (QED) is 0.367. The summed E-state index contributed by atoms with van der Waals surface area (Å²) in [7, 11) is 0. The molecule has 0 aliphatic rings. The minimum atomic E-state index is -0.776. The van der Waals surface area contributed by atoms with Crippen LogP contribution in [0.25, 0.3) is 0 Å². The second-order valence-electron chi connectivity index (χ2n) is 2.37. The Kier molecular flexibility index (Phi) is 6.82. The van der Waals surface area contributed by atoms with Gasteiger partial charge in [-0.05, 0) is 6.42 Å². The van der Waals surface area contributed by atoms with E-state index in [4.69, 9.17) is 5.26 Å². The molecule has 2 N–H and O–H groups in total. The largest absolute Gasteiger partial charge is 0.438 e. The van der Waals surface area contributed by atoms with Crippen LogP contribution in [0, 0.1) is 0 Å². The Morgan fingerprint density at radius 1 is 1.45 bits per heavy atom. The SMILES string of the molecule is CCCCCCNC(=O)OO. The van der Waals surface area contributed by atoms with Gasteiger partial charge in [0.2, 0.25) is 0 Å². The van der Waals surface area contributed by atoms with Crippen molar-refractivity contribution in [2.24, 2.45) is 0 Å². The van der Waals surface area contributed by atoms with Crippen molar-refractivity contribution >= 4 is 6.09 Å². The molecular weight excluding hydrogens is 146 g/mol. The van der Waals surface area contributed by atoms with Crippen LogP contribution in [-0.2, 0) is 4.89 Å². The van der Waals surface area contributed by atoms with Gasteiger partial charge in [-0.2, -0.15) is 5.26 Å². The Morgan fingerprint density at radius 2 is 2.18 bits per heavy atom. The molecule has 0 fully saturated rings. The molecule has 0 aromatic rings. The van der Waals surface area contributed by atoms with Crippen molar-refractivity contribution in [1.82, 2.24) is 5.32 Å². The molecular formula is C7H15NO3. The number of unbranched alkanes of at least 4 members (excludes halogenated alkanes) is 3. The number of amides is 1. The fourth-order valence-corrected chi connectivity index (χ4v) is 0.775. The maximum absolute atomic E-state index is 10.3. The van der Waals surface area contributed by atoms with E-state index in [9.17, 15) is 4.79 Å². The summed E-state index contributed by atoms with van der Waals surface area (Å²) in [6, 6.07) is 0.